The van der Waals surface area contributed by atoms with Crippen LogP contribution in [0.25, 0.3) is 0 Å². The smallest absolute Gasteiger partial charge is 0.159 e. The van der Waals surface area contributed by atoms with E-state index in [0.29, 0.717) is 0 Å². The lowest BCUT2D eigenvalue weighted by atomic mass is 10.1. The third-order valence-electron chi connectivity index (χ3n) is 1.27. The van der Waals surface area contributed by atoms with E-state index in [1.165, 1.54) is 19.1 Å². The molecule has 0 aliphatic carbocycles. The molecule has 0 saturated heterocycles. The van der Waals surface area contributed by atoms with Crippen molar-refractivity contribution < 1.29 is 9.90 Å². The molecule has 2 nitrogen and oxygen atoms in total. The largest absolute Gasteiger partial charge is 0.872 e. The molecule has 0 fully saturated rings. The van der Waals surface area contributed by atoms with Crippen molar-refractivity contribution in [3.63, 3.8) is 0 Å². The highest BCUT2D eigenvalue weighted by Gasteiger charge is 1.96. The van der Waals surface area contributed by atoms with Gasteiger partial charge in [0, 0.05) is 5.56 Å². The first kappa shape index (κ1) is 6.81. The summed E-state index contributed by atoms with van der Waals surface area (Å²) in [6, 6.07) is 6.22. The topological polar surface area (TPSA) is 40.1 Å². The fourth-order valence-electron chi connectivity index (χ4n) is 0.757. The highest BCUT2D eigenvalue weighted by molar-refractivity contribution is 5.96. The molecule has 10 heavy (non-hydrogen) atoms. The van der Waals surface area contributed by atoms with Crippen LogP contribution < -0.4 is 5.11 Å². The van der Waals surface area contributed by atoms with E-state index in [0.717, 1.165) is 0 Å². The summed E-state index contributed by atoms with van der Waals surface area (Å²) in [6.45, 7) is 1.39. The Hall–Kier alpha value is -1.31. The van der Waals surface area contributed by atoms with Crippen LogP contribution in [0.5, 0.6) is 5.75 Å². The zero-order valence-corrected chi connectivity index (χ0v) is 5.63. The predicted octanol–water partition coefficient (Wildman–Crippen LogP) is 0.963. The fourth-order valence-corrected chi connectivity index (χ4v) is 0.757. The van der Waals surface area contributed by atoms with E-state index in [-0.39, 0.29) is 17.1 Å². The number of carbonyl (C=O) groups is 1. The lowest BCUT2D eigenvalue weighted by Gasteiger charge is -2.08. The number of para-hydroxylation sites is 1. The molecule has 0 radical (unpaired) electrons. The van der Waals surface area contributed by atoms with Gasteiger partial charge in [-0.15, -0.1) is 0 Å². The van der Waals surface area contributed by atoms with Gasteiger partial charge >= 0.3 is 0 Å². The molecule has 1 rings (SSSR count). The number of hydrogen-bond acceptors (Lipinski definition) is 2. The number of Topliss-reactive ketones (excluding diaryl/α,β-unsaturated/α-hetero) is 1. The molecular formula is C8H7O2-. The normalized spacial score (nSPS) is 9.30. The van der Waals surface area contributed by atoms with Gasteiger partial charge in [0.15, 0.2) is 5.78 Å². The van der Waals surface area contributed by atoms with Crippen molar-refractivity contribution in [2.24, 2.45) is 0 Å². The van der Waals surface area contributed by atoms with E-state index in [1.807, 2.05) is 0 Å². The van der Waals surface area contributed by atoms with E-state index < -0.39 is 0 Å². The van der Waals surface area contributed by atoms with Crippen molar-refractivity contribution in [2.75, 3.05) is 0 Å². The average Bonchev–Trinajstić information content (AvgIpc) is 1.88. The maximum Gasteiger partial charge on any atom is 0.159 e. The summed E-state index contributed by atoms with van der Waals surface area (Å²) < 4.78 is 0. The van der Waals surface area contributed by atoms with E-state index in [9.17, 15) is 9.90 Å². The van der Waals surface area contributed by atoms with Crippen LogP contribution in [-0.4, -0.2) is 5.78 Å². The molecule has 1 aromatic carbocycles. The molecule has 0 aliphatic rings. The second kappa shape index (κ2) is 2.52. The van der Waals surface area contributed by atoms with Gasteiger partial charge in [0.05, 0.1) is 0 Å². The van der Waals surface area contributed by atoms with E-state index in [2.05, 4.69) is 0 Å². The summed E-state index contributed by atoms with van der Waals surface area (Å²) in [7, 11) is 0. The molecule has 0 bridgehead atoms. The van der Waals surface area contributed by atoms with Gasteiger partial charge in [-0.25, -0.2) is 0 Å². The highest BCUT2D eigenvalue weighted by Crippen LogP contribution is 2.11. The van der Waals surface area contributed by atoms with E-state index >= 15 is 0 Å². The molecule has 1 aromatic rings. The van der Waals surface area contributed by atoms with E-state index in [4.69, 9.17) is 0 Å². The van der Waals surface area contributed by atoms with Gasteiger partial charge < -0.3 is 5.11 Å². The molecule has 0 N–H and O–H groups in total. The zero-order valence-electron chi connectivity index (χ0n) is 5.63. The molecule has 0 spiro atoms. The van der Waals surface area contributed by atoms with Crippen LogP contribution in [0.15, 0.2) is 24.3 Å². The van der Waals surface area contributed by atoms with Crippen LogP contribution in [0, 0.1) is 0 Å². The summed E-state index contributed by atoms with van der Waals surface area (Å²) in [4.78, 5) is 10.7. The first-order valence-corrected chi connectivity index (χ1v) is 2.99. The van der Waals surface area contributed by atoms with Gasteiger partial charge in [0.1, 0.15) is 0 Å². The molecule has 0 saturated carbocycles. The van der Waals surface area contributed by atoms with Crippen LogP contribution in [-0.2, 0) is 0 Å². The van der Waals surface area contributed by atoms with Crippen molar-refractivity contribution in [3.8, 4) is 5.75 Å². The molecule has 0 amide bonds. The van der Waals surface area contributed by atoms with Crippen LogP contribution in [0.4, 0.5) is 0 Å². The summed E-state index contributed by atoms with van der Waals surface area (Å²) in [6.07, 6.45) is 0. The van der Waals surface area contributed by atoms with Gasteiger partial charge in [0.2, 0.25) is 0 Å². The zero-order chi connectivity index (χ0) is 7.56. The molecule has 0 aliphatic heterocycles. The van der Waals surface area contributed by atoms with Gasteiger partial charge in [0.25, 0.3) is 0 Å². The van der Waals surface area contributed by atoms with Crippen molar-refractivity contribution in [2.45, 2.75) is 6.92 Å². The molecule has 0 heterocycles. The van der Waals surface area contributed by atoms with Crippen LogP contribution >= 0.6 is 0 Å². The van der Waals surface area contributed by atoms with Gasteiger partial charge in [-0.3, -0.25) is 4.79 Å². The third-order valence-corrected chi connectivity index (χ3v) is 1.27. The van der Waals surface area contributed by atoms with Crippen molar-refractivity contribution in [3.05, 3.63) is 29.8 Å². The number of hydrogen-bond donors (Lipinski definition) is 0. The summed E-state index contributed by atoms with van der Waals surface area (Å²) in [5.74, 6) is -0.374. The molecule has 52 valence electrons. The molecule has 0 atom stereocenters. The minimum Gasteiger partial charge on any atom is -0.872 e. The van der Waals surface area contributed by atoms with Crippen LogP contribution in [0.1, 0.15) is 17.3 Å². The van der Waals surface area contributed by atoms with Crippen molar-refractivity contribution >= 4 is 5.78 Å². The molecule has 0 unspecified atom stereocenters. The highest BCUT2D eigenvalue weighted by atomic mass is 16.3. The third kappa shape index (κ3) is 1.16. The maximum atomic E-state index is 10.8. The minimum atomic E-state index is -0.199. The number of rotatable bonds is 1. The molecule has 2 heteroatoms. The second-order valence-corrected chi connectivity index (χ2v) is 2.05. The standard InChI is InChI=1S/C8H8O2/c1-6(9)7-4-2-3-5-8(7)10/h2-5,10H,1H3/p-1. The van der Waals surface area contributed by atoms with Gasteiger partial charge in [-0.1, -0.05) is 30.0 Å². The number of carbonyl (C=O) groups excluding carboxylic acids is 1. The number of benzene rings is 1. The van der Waals surface area contributed by atoms with Crippen molar-refractivity contribution in [1.29, 1.82) is 0 Å². The Bertz CT molecular complexity index is 253. The van der Waals surface area contributed by atoms with Crippen LogP contribution in [0.2, 0.25) is 0 Å². The Morgan fingerprint density at radius 2 is 2.00 bits per heavy atom. The monoisotopic (exact) mass is 135 g/mol. The SMILES string of the molecule is CC(=O)c1ccccc1[O-]. The van der Waals surface area contributed by atoms with E-state index in [1.54, 1.807) is 12.1 Å². The van der Waals surface area contributed by atoms with Gasteiger partial charge in [-0.2, -0.15) is 0 Å². The average molecular weight is 135 g/mol. The summed E-state index contributed by atoms with van der Waals surface area (Å²) >= 11 is 0. The Morgan fingerprint density at radius 3 is 2.40 bits per heavy atom. The van der Waals surface area contributed by atoms with Crippen molar-refractivity contribution in [1.82, 2.24) is 0 Å². The van der Waals surface area contributed by atoms with Gasteiger partial charge in [-0.05, 0) is 6.92 Å². The molecule has 0 aromatic heterocycles. The quantitative estimate of drug-likeness (QED) is 0.538. The second-order valence-electron chi connectivity index (χ2n) is 2.05. The Labute approximate surface area is 59.1 Å². The Balaban J connectivity index is 3.15. The lowest BCUT2D eigenvalue weighted by Crippen LogP contribution is -1.99. The molecular weight excluding hydrogens is 128 g/mol. The fraction of sp³-hybridized carbons (Fsp3) is 0.125. The summed E-state index contributed by atoms with van der Waals surface area (Å²) in [5.41, 5.74) is 0.266. The Kier molecular flexibility index (Phi) is 1.71. The lowest BCUT2D eigenvalue weighted by molar-refractivity contribution is -0.268. The summed E-state index contributed by atoms with van der Waals surface area (Å²) in [5, 5.41) is 10.8. The predicted molar refractivity (Wildman–Crippen MR) is 35.9 cm³/mol. The first-order chi connectivity index (χ1) is 4.72. The maximum absolute atomic E-state index is 10.8. The number of ketones is 1. The Morgan fingerprint density at radius 1 is 1.40 bits per heavy atom. The first-order valence-electron chi connectivity index (χ1n) is 2.99. The van der Waals surface area contributed by atoms with Crippen LogP contribution in [0.3, 0.4) is 0 Å². The minimum absolute atomic E-state index is 0.175.